The van der Waals surface area contributed by atoms with Crippen LogP contribution in [0.3, 0.4) is 0 Å². The average Bonchev–Trinajstić information content (AvgIpc) is 2.48. The fourth-order valence-corrected chi connectivity index (χ4v) is 2.58. The van der Waals surface area contributed by atoms with Gasteiger partial charge < -0.3 is 15.1 Å². The number of likely N-dealkylation sites (tertiary alicyclic amines) is 1. The highest BCUT2D eigenvalue weighted by atomic mass is 16.2. The van der Waals surface area contributed by atoms with Crippen molar-refractivity contribution in [1.29, 1.82) is 0 Å². The smallest absolute Gasteiger partial charge is 0.321 e. The van der Waals surface area contributed by atoms with E-state index in [0.717, 1.165) is 38.0 Å². The van der Waals surface area contributed by atoms with Crippen molar-refractivity contribution in [3.8, 4) is 0 Å². The first kappa shape index (κ1) is 14.9. The molecule has 0 radical (unpaired) electrons. The highest BCUT2D eigenvalue weighted by Gasteiger charge is 2.23. The Morgan fingerprint density at radius 1 is 1.30 bits per heavy atom. The van der Waals surface area contributed by atoms with Gasteiger partial charge in [-0.3, -0.25) is 0 Å². The number of piperidine rings is 1. The summed E-state index contributed by atoms with van der Waals surface area (Å²) in [5.41, 5.74) is 2.15. The Morgan fingerprint density at radius 3 is 2.45 bits per heavy atom. The monoisotopic (exact) mass is 275 g/mol. The predicted octanol–water partition coefficient (Wildman–Crippen LogP) is 2.81. The quantitative estimate of drug-likeness (QED) is 0.920. The first-order chi connectivity index (χ1) is 9.60. The van der Waals surface area contributed by atoms with Crippen LogP contribution in [0.1, 0.15) is 25.3 Å². The Morgan fingerprint density at radius 2 is 1.90 bits per heavy atom. The van der Waals surface area contributed by atoms with E-state index in [4.69, 9.17) is 0 Å². The number of amides is 2. The van der Waals surface area contributed by atoms with Crippen LogP contribution in [0.5, 0.6) is 0 Å². The molecule has 0 spiro atoms. The summed E-state index contributed by atoms with van der Waals surface area (Å²) in [6, 6.07) is 8.40. The molecule has 1 heterocycles. The lowest BCUT2D eigenvalue weighted by Crippen LogP contribution is -2.46. The van der Waals surface area contributed by atoms with Gasteiger partial charge in [0.05, 0.1) is 0 Å². The molecule has 0 unspecified atom stereocenters. The largest absolute Gasteiger partial charge is 0.325 e. The zero-order valence-electron chi connectivity index (χ0n) is 12.7. The summed E-state index contributed by atoms with van der Waals surface area (Å²) in [5.74, 6) is 0. The number of hydrogen-bond donors (Lipinski definition) is 1. The van der Waals surface area contributed by atoms with E-state index in [1.165, 1.54) is 5.56 Å². The minimum Gasteiger partial charge on any atom is -0.325 e. The van der Waals surface area contributed by atoms with Crippen molar-refractivity contribution >= 4 is 11.7 Å². The van der Waals surface area contributed by atoms with Crippen LogP contribution in [0.2, 0.25) is 0 Å². The molecule has 0 bridgehead atoms. The molecule has 0 saturated carbocycles. The normalized spacial score (nSPS) is 16.9. The summed E-state index contributed by atoms with van der Waals surface area (Å²) in [6.07, 6.45) is 3.12. The molecule has 110 valence electrons. The second-order valence-corrected chi connectivity index (χ2v) is 5.63. The van der Waals surface area contributed by atoms with Gasteiger partial charge in [-0.2, -0.15) is 0 Å². The highest BCUT2D eigenvalue weighted by molar-refractivity contribution is 5.89. The molecule has 20 heavy (non-hydrogen) atoms. The van der Waals surface area contributed by atoms with Crippen LogP contribution in [0.25, 0.3) is 0 Å². The number of urea groups is 1. The molecule has 2 rings (SSSR count). The first-order valence-corrected chi connectivity index (χ1v) is 7.41. The lowest BCUT2D eigenvalue weighted by Gasteiger charge is -2.35. The molecule has 1 aliphatic heterocycles. The fourth-order valence-electron chi connectivity index (χ4n) is 2.58. The van der Waals surface area contributed by atoms with Gasteiger partial charge >= 0.3 is 6.03 Å². The molecule has 1 aromatic rings. The molecule has 0 aliphatic carbocycles. The number of anilines is 1. The summed E-state index contributed by atoms with van der Waals surface area (Å²) in [6.45, 7) is 4.25. The molecule has 0 aromatic heterocycles. The standard InChI is InChI=1S/C16H25N3O/c1-4-13-5-7-14(8-6-13)17-16(20)19(3)15-9-11-18(2)12-10-15/h5-8,15H,4,9-12H2,1-3H3,(H,17,20). The molecular weight excluding hydrogens is 250 g/mol. The van der Waals surface area contributed by atoms with Gasteiger partial charge in [0.25, 0.3) is 0 Å². The lowest BCUT2D eigenvalue weighted by molar-refractivity contribution is 0.156. The van der Waals surface area contributed by atoms with Gasteiger partial charge in [-0.15, -0.1) is 0 Å². The molecule has 1 fully saturated rings. The third kappa shape index (κ3) is 3.73. The van der Waals surface area contributed by atoms with Gasteiger partial charge in [-0.25, -0.2) is 4.79 Å². The molecule has 2 amide bonds. The molecule has 4 nitrogen and oxygen atoms in total. The van der Waals surface area contributed by atoms with Crippen LogP contribution >= 0.6 is 0 Å². The number of rotatable bonds is 3. The molecule has 1 aliphatic rings. The van der Waals surface area contributed by atoms with E-state index in [-0.39, 0.29) is 6.03 Å². The van der Waals surface area contributed by atoms with E-state index in [0.29, 0.717) is 6.04 Å². The molecule has 4 heteroatoms. The zero-order valence-corrected chi connectivity index (χ0v) is 12.7. The maximum atomic E-state index is 12.2. The number of hydrogen-bond acceptors (Lipinski definition) is 2. The van der Waals surface area contributed by atoms with Gasteiger partial charge in [0.2, 0.25) is 0 Å². The van der Waals surface area contributed by atoms with Gasteiger partial charge in [-0.05, 0) is 57.1 Å². The second kappa shape index (κ2) is 6.75. The molecule has 1 N–H and O–H groups in total. The Bertz CT molecular complexity index is 436. The summed E-state index contributed by atoms with van der Waals surface area (Å²) in [4.78, 5) is 16.4. The molecule has 0 atom stereocenters. The number of carbonyl (C=O) groups is 1. The number of nitrogens with one attached hydrogen (secondary N) is 1. The summed E-state index contributed by atoms with van der Waals surface area (Å²) in [5, 5.41) is 2.97. The Hall–Kier alpha value is -1.55. The van der Waals surface area contributed by atoms with Crippen LogP contribution in [0, 0.1) is 0 Å². The zero-order chi connectivity index (χ0) is 14.5. The van der Waals surface area contributed by atoms with Crippen molar-refractivity contribution in [2.75, 3.05) is 32.5 Å². The number of benzene rings is 1. The van der Waals surface area contributed by atoms with E-state index in [1.807, 2.05) is 24.1 Å². The number of aryl methyl sites for hydroxylation is 1. The van der Waals surface area contributed by atoms with E-state index in [1.54, 1.807) is 0 Å². The van der Waals surface area contributed by atoms with Crippen LogP contribution in [-0.4, -0.2) is 49.1 Å². The molecule has 1 aromatic carbocycles. The molecule has 1 saturated heterocycles. The maximum Gasteiger partial charge on any atom is 0.321 e. The summed E-state index contributed by atoms with van der Waals surface area (Å²) in [7, 11) is 4.03. The van der Waals surface area contributed by atoms with Crippen molar-refractivity contribution in [1.82, 2.24) is 9.80 Å². The van der Waals surface area contributed by atoms with Gasteiger partial charge in [0.15, 0.2) is 0 Å². The topological polar surface area (TPSA) is 35.6 Å². The van der Waals surface area contributed by atoms with Gasteiger partial charge in [0.1, 0.15) is 0 Å². The predicted molar refractivity (Wildman–Crippen MR) is 83.1 cm³/mol. The van der Waals surface area contributed by atoms with Crippen molar-refractivity contribution < 1.29 is 4.79 Å². The van der Waals surface area contributed by atoms with E-state index in [2.05, 4.69) is 36.3 Å². The Labute approximate surface area is 121 Å². The van der Waals surface area contributed by atoms with Gasteiger partial charge in [-0.1, -0.05) is 19.1 Å². The summed E-state index contributed by atoms with van der Waals surface area (Å²) >= 11 is 0. The van der Waals surface area contributed by atoms with E-state index < -0.39 is 0 Å². The number of carbonyl (C=O) groups excluding carboxylic acids is 1. The third-order valence-electron chi connectivity index (χ3n) is 4.17. The second-order valence-electron chi connectivity index (χ2n) is 5.63. The fraction of sp³-hybridized carbons (Fsp3) is 0.562. The summed E-state index contributed by atoms with van der Waals surface area (Å²) < 4.78 is 0. The van der Waals surface area contributed by atoms with Crippen LogP contribution in [0.4, 0.5) is 10.5 Å². The SMILES string of the molecule is CCc1ccc(NC(=O)N(C)C2CCN(C)CC2)cc1. The average molecular weight is 275 g/mol. The first-order valence-electron chi connectivity index (χ1n) is 7.41. The molecular formula is C16H25N3O. The lowest BCUT2D eigenvalue weighted by atomic mass is 10.0. The number of nitrogens with zero attached hydrogens (tertiary/aromatic N) is 2. The van der Waals surface area contributed by atoms with E-state index in [9.17, 15) is 4.79 Å². The maximum absolute atomic E-state index is 12.2. The van der Waals surface area contributed by atoms with E-state index >= 15 is 0 Å². The van der Waals surface area contributed by atoms with Crippen molar-refractivity contribution in [2.45, 2.75) is 32.2 Å². The van der Waals surface area contributed by atoms with Crippen LogP contribution < -0.4 is 5.32 Å². The van der Waals surface area contributed by atoms with Crippen molar-refractivity contribution in [2.24, 2.45) is 0 Å². The van der Waals surface area contributed by atoms with Gasteiger partial charge in [0, 0.05) is 18.8 Å². The Balaban J connectivity index is 1.89. The minimum atomic E-state index is -0.0104. The third-order valence-corrected chi connectivity index (χ3v) is 4.17. The minimum absolute atomic E-state index is 0.0104. The van der Waals surface area contributed by atoms with Crippen LogP contribution in [-0.2, 0) is 6.42 Å². The Kier molecular flexibility index (Phi) is 5.01. The highest BCUT2D eigenvalue weighted by Crippen LogP contribution is 2.16. The van der Waals surface area contributed by atoms with Crippen LogP contribution in [0.15, 0.2) is 24.3 Å². The van der Waals surface area contributed by atoms with Crippen molar-refractivity contribution in [3.05, 3.63) is 29.8 Å². The van der Waals surface area contributed by atoms with Crippen molar-refractivity contribution in [3.63, 3.8) is 0 Å².